The molecule has 2 unspecified atom stereocenters. The lowest BCUT2D eigenvalue weighted by Gasteiger charge is -2.40. The van der Waals surface area contributed by atoms with Gasteiger partial charge in [-0.05, 0) is 5.92 Å². The van der Waals surface area contributed by atoms with Crippen molar-refractivity contribution in [2.24, 2.45) is 11.3 Å². The first-order chi connectivity index (χ1) is 6.32. The summed E-state index contributed by atoms with van der Waals surface area (Å²) in [5, 5.41) is 8.95. The van der Waals surface area contributed by atoms with Crippen LogP contribution < -0.4 is 0 Å². The number of alkyl halides is 2. The fraction of sp³-hybridized carbons (Fsp3) is 0.500. The molecule has 1 aliphatic rings. The van der Waals surface area contributed by atoms with Crippen molar-refractivity contribution >= 4 is 29.2 Å². The van der Waals surface area contributed by atoms with E-state index < -0.39 is 15.7 Å². The van der Waals surface area contributed by atoms with Crippen LogP contribution in [0.2, 0.25) is 0 Å². The highest BCUT2D eigenvalue weighted by Crippen LogP contribution is 2.49. The maximum Gasteiger partial charge on any atom is 0.341 e. The Morgan fingerprint density at radius 2 is 2.07 bits per heavy atom. The van der Waals surface area contributed by atoms with Crippen LogP contribution in [0, 0.1) is 11.3 Å². The molecular formula is C10H12Cl2O2. The summed E-state index contributed by atoms with van der Waals surface area (Å²) < 4.78 is -1.80. The van der Waals surface area contributed by atoms with Crippen molar-refractivity contribution < 1.29 is 9.90 Å². The summed E-state index contributed by atoms with van der Waals surface area (Å²) in [6.45, 7) is 3.63. The Hall–Kier alpha value is -0.470. The fourth-order valence-corrected chi connectivity index (χ4v) is 1.93. The van der Waals surface area contributed by atoms with Gasteiger partial charge in [0.05, 0.1) is 0 Å². The average molecular weight is 235 g/mol. The number of hydrogen-bond acceptors (Lipinski definition) is 1. The van der Waals surface area contributed by atoms with E-state index in [4.69, 9.17) is 28.3 Å². The van der Waals surface area contributed by atoms with Gasteiger partial charge in [0.15, 0.2) is 0 Å². The Labute approximate surface area is 93.2 Å². The lowest BCUT2D eigenvalue weighted by Crippen LogP contribution is -2.46. The number of rotatable bonds is 2. The summed E-state index contributed by atoms with van der Waals surface area (Å²) in [5.74, 6) is -1.23. The fourth-order valence-electron chi connectivity index (χ4n) is 1.46. The van der Waals surface area contributed by atoms with Gasteiger partial charge in [-0.3, -0.25) is 0 Å². The van der Waals surface area contributed by atoms with E-state index in [2.05, 4.69) is 0 Å². The van der Waals surface area contributed by atoms with Crippen LogP contribution in [0.15, 0.2) is 24.3 Å². The Morgan fingerprint density at radius 1 is 1.50 bits per heavy atom. The Kier molecular flexibility index (Phi) is 2.98. The molecule has 0 amide bonds. The molecule has 14 heavy (non-hydrogen) atoms. The van der Waals surface area contributed by atoms with E-state index in [0.717, 1.165) is 0 Å². The molecule has 0 fully saturated rings. The maximum absolute atomic E-state index is 10.9. The highest BCUT2D eigenvalue weighted by atomic mass is 35.5. The molecule has 0 aromatic rings. The van der Waals surface area contributed by atoms with Gasteiger partial charge in [-0.15, -0.1) is 0 Å². The Morgan fingerprint density at radius 3 is 2.50 bits per heavy atom. The molecule has 0 saturated carbocycles. The molecule has 1 N–H and O–H groups in total. The Balaban J connectivity index is 3.12. The first-order valence-electron chi connectivity index (χ1n) is 4.29. The molecule has 1 rings (SSSR count). The van der Waals surface area contributed by atoms with E-state index in [1.807, 2.05) is 19.1 Å². The molecule has 0 aromatic heterocycles. The molecule has 1 aliphatic carbocycles. The van der Waals surface area contributed by atoms with E-state index >= 15 is 0 Å². The molecule has 0 radical (unpaired) electrons. The van der Waals surface area contributed by atoms with Crippen molar-refractivity contribution in [2.45, 2.75) is 18.2 Å². The number of aliphatic carboxylic acids is 1. The zero-order chi connectivity index (χ0) is 11.0. The maximum atomic E-state index is 10.9. The number of allylic oxidation sites excluding steroid dienone is 4. The smallest absolute Gasteiger partial charge is 0.341 e. The summed E-state index contributed by atoms with van der Waals surface area (Å²) in [4.78, 5) is 10.9. The van der Waals surface area contributed by atoms with Gasteiger partial charge >= 0.3 is 5.97 Å². The van der Waals surface area contributed by atoms with Gasteiger partial charge < -0.3 is 5.11 Å². The summed E-state index contributed by atoms with van der Waals surface area (Å²) >= 11 is 11.7. The van der Waals surface area contributed by atoms with Gasteiger partial charge in [0.1, 0.15) is 0 Å². The number of carboxylic acid groups (broad SMARTS) is 1. The predicted molar refractivity (Wildman–Crippen MR) is 57.6 cm³/mol. The molecule has 0 heterocycles. The summed E-state index contributed by atoms with van der Waals surface area (Å²) in [7, 11) is 0. The van der Waals surface area contributed by atoms with Crippen LogP contribution in [0.4, 0.5) is 0 Å². The van der Waals surface area contributed by atoms with Crippen LogP contribution in [-0.4, -0.2) is 15.4 Å². The third-order valence-corrected chi connectivity index (χ3v) is 3.98. The van der Waals surface area contributed by atoms with Crippen LogP contribution in [-0.2, 0) is 4.79 Å². The second kappa shape index (κ2) is 3.59. The van der Waals surface area contributed by atoms with Crippen LogP contribution in [0.25, 0.3) is 0 Å². The SMILES string of the molecule is CC1C=CC=CC1(C)C(Cl)(Cl)C(=O)O. The minimum atomic E-state index is -1.80. The molecule has 0 bridgehead atoms. The van der Waals surface area contributed by atoms with Crippen LogP contribution in [0.1, 0.15) is 13.8 Å². The second-order valence-corrected chi connectivity index (χ2v) is 5.02. The molecule has 4 heteroatoms. The third-order valence-electron chi connectivity index (χ3n) is 2.84. The lowest BCUT2D eigenvalue weighted by molar-refractivity contribution is -0.140. The quantitative estimate of drug-likeness (QED) is 0.747. The van der Waals surface area contributed by atoms with E-state index in [1.165, 1.54) is 0 Å². The second-order valence-electron chi connectivity index (χ2n) is 3.69. The normalized spacial score (nSPS) is 31.9. The monoisotopic (exact) mass is 234 g/mol. The van der Waals surface area contributed by atoms with Crippen LogP contribution in [0.3, 0.4) is 0 Å². The molecule has 78 valence electrons. The summed E-state index contributed by atoms with van der Waals surface area (Å²) in [6, 6.07) is 0. The van der Waals surface area contributed by atoms with E-state index in [0.29, 0.717) is 0 Å². The zero-order valence-corrected chi connectivity index (χ0v) is 9.51. The molecule has 2 atom stereocenters. The number of hydrogen-bond donors (Lipinski definition) is 1. The van der Waals surface area contributed by atoms with Gasteiger partial charge in [-0.25, -0.2) is 4.79 Å². The minimum Gasteiger partial charge on any atom is -0.479 e. The molecular weight excluding hydrogens is 223 g/mol. The Bertz CT molecular complexity index is 307. The van der Waals surface area contributed by atoms with Gasteiger partial charge in [0, 0.05) is 5.41 Å². The van der Waals surface area contributed by atoms with Crippen molar-refractivity contribution in [3.05, 3.63) is 24.3 Å². The van der Waals surface area contributed by atoms with Crippen molar-refractivity contribution in [1.29, 1.82) is 0 Å². The zero-order valence-electron chi connectivity index (χ0n) is 8.00. The lowest BCUT2D eigenvalue weighted by atomic mass is 9.72. The van der Waals surface area contributed by atoms with E-state index in [9.17, 15) is 4.79 Å². The number of halogens is 2. The van der Waals surface area contributed by atoms with Crippen molar-refractivity contribution in [2.75, 3.05) is 0 Å². The van der Waals surface area contributed by atoms with Gasteiger partial charge in [-0.2, -0.15) is 0 Å². The van der Waals surface area contributed by atoms with Crippen molar-refractivity contribution in [1.82, 2.24) is 0 Å². The first-order valence-corrected chi connectivity index (χ1v) is 5.05. The topological polar surface area (TPSA) is 37.3 Å². The summed E-state index contributed by atoms with van der Waals surface area (Å²) in [6.07, 6.45) is 7.26. The van der Waals surface area contributed by atoms with Crippen LogP contribution >= 0.6 is 23.2 Å². The predicted octanol–water partition coefficient (Wildman–Crippen LogP) is 3.01. The average Bonchev–Trinajstić information content (AvgIpc) is 2.09. The van der Waals surface area contributed by atoms with Crippen LogP contribution in [0.5, 0.6) is 0 Å². The van der Waals surface area contributed by atoms with Crippen molar-refractivity contribution in [3.8, 4) is 0 Å². The first kappa shape index (κ1) is 11.6. The van der Waals surface area contributed by atoms with E-state index in [-0.39, 0.29) is 5.92 Å². The molecule has 0 aromatic carbocycles. The van der Waals surface area contributed by atoms with E-state index in [1.54, 1.807) is 19.1 Å². The molecule has 0 spiro atoms. The molecule has 2 nitrogen and oxygen atoms in total. The number of carbonyl (C=O) groups is 1. The molecule has 0 aliphatic heterocycles. The highest BCUT2D eigenvalue weighted by Gasteiger charge is 2.53. The van der Waals surface area contributed by atoms with Gasteiger partial charge in [0.2, 0.25) is 4.33 Å². The van der Waals surface area contributed by atoms with Crippen molar-refractivity contribution in [3.63, 3.8) is 0 Å². The minimum absolute atomic E-state index is 0.0152. The standard InChI is InChI=1S/C10H12Cl2O2/c1-7-5-3-4-6-9(7,2)10(11,12)8(13)14/h3-7H,1-2H3,(H,13,14). The van der Waals surface area contributed by atoms with Gasteiger partial charge in [-0.1, -0.05) is 61.4 Å². The molecule has 0 saturated heterocycles. The summed E-state index contributed by atoms with van der Waals surface area (Å²) in [5.41, 5.74) is -0.781. The third kappa shape index (κ3) is 1.57. The number of carboxylic acids is 1. The highest BCUT2D eigenvalue weighted by molar-refractivity contribution is 6.58. The van der Waals surface area contributed by atoms with Gasteiger partial charge in [0.25, 0.3) is 0 Å². The largest absolute Gasteiger partial charge is 0.479 e.